The van der Waals surface area contributed by atoms with Crippen LogP contribution in [0.4, 0.5) is 0 Å². The first kappa shape index (κ1) is 16.4. The Bertz CT molecular complexity index is 599. The molecule has 1 unspecified atom stereocenters. The number of benzene rings is 1. The van der Waals surface area contributed by atoms with Gasteiger partial charge < -0.3 is 15.4 Å². The van der Waals surface area contributed by atoms with Crippen molar-refractivity contribution in [1.29, 1.82) is 0 Å². The Balaban J connectivity index is 0.00000176. The van der Waals surface area contributed by atoms with Crippen molar-refractivity contribution in [2.45, 2.75) is 12.6 Å². The molecule has 1 aromatic heterocycles. The molecule has 2 aromatic rings. The molecule has 1 amide bonds. The molecule has 1 aliphatic heterocycles. The zero-order valence-corrected chi connectivity index (χ0v) is 12.8. The number of carbonyl (C=O) groups is 1. The maximum absolute atomic E-state index is 12.0. The zero-order chi connectivity index (χ0) is 14.5. The highest BCUT2D eigenvalue weighted by atomic mass is 35.5. The molecule has 1 fully saturated rings. The largest absolute Gasteiger partial charge is 0.378 e. The van der Waals surface area contributed by atoms with Gasteiger partial charge in [-0.15, -0.1) is 12.4 Å². The zero-order valence-electron chi connectivity index (χ0n) is 11.9. The molecule has 3 rings (SSSR count). The number of hydrogen-bond acceptors (Lipinski definition) is 5. The van der Waals surface area contributed by atoms with Crippen LogP contribution in [0, 0.1) is 0 Å². The molecule has 2 heterocycles. The Morgan fingerprint density at radius 1 is 1.50 bits per heavy atom. The number of halogens is 1. The fraction of sp³-hybridized carbons (Fsp3) is 0.357. The predicted molar refractivity (Wildman–Crippen MR) is 83.1 cm³/mol. The van der Waals surface area contributed by atoms with Gasteiger partial charge in [-0.05, 0) is 17.7 Å². The number of hydrogen-bond donors (Lipinski definition) is 2. The molecule has 0 spiro atoms. The monoisotopic (exact) mass is 323 g/mol. The highest BCUT2D eigenvalue weighted by Crippen LogP contribution is 2.09. The van der Waals surface area contributed by atoms with Gasteiger partial charge in [0.05, 0.1) is 18.9 Å². The summed E-state index contributed by atoms with van der Waals surface area (Å²) in [6.07, 6.45) is 3.13. The summed E-state index contributed by atoms with van der Waals surface area (Å²) in [6.45, 7) is 2.26. The molecule has 0 aliphatic carbocycles. The molecule has 0 saturated carbocycles. The molecular formula is C14H18ClN5O2. The van der Waals surface area contributed by atoms with Gasteiger partial charge in [0.25, 0.3) is 0 Å². The average molecular weight is 324 g/mol. The standard InChI is InChI=1S/C14H17N5O2.ClH/c20-14(13-8-21-5-4-16-13)17-7-11-2-1-3-12(6-11)19-10-15-9-18-19;/h1-3,6,9-10,13,16H,4-5,7-8H2,(H,17,20);1H. The van der Waals surface area contributed by atoms with E-state index in [4.69, 9.17) is 4.74 Å². The summed E-state index contributed by atoms with van der Waals surface area (Å²) in [5.41, 5.74) is 1.92. The van der Waals surface area contributed by atoms with E-state index in [1.807, 2.05) is 24.3 Å². The maximum Gasteiger partial charge on any atom is 0.239 e. The van der Waals surface area contributed by atoms with Gasteiger partial charge in [-0.25, -0.2) is 9.67 Å². The Kier molecular flexibility index (Phi) is 5.88. The van der Waals surface area contributed by atoms with E-state index in [9.17, 15) is 4.79 Å². The van der Waals surface area contributed by atoms with Crippen LogP contribution in [0.1, 0.15) is 5.56 Å². The number of amides is 1. The average Bonchev–Trinajstić information content (AvgIpc) is 3.08. The molecule has 1 atom stereocenters. The van der Waals surface area contributed by atoms with Gasteiger partial charge in [0.2, 0.25) is 5.91 Å². The van der Waals surface area contributed by atoms with Gasteiger partial charge in [0.1, 0.15) is 18.7 Å². The normalized spacial score (nSPS) is 17.5. The Labute approximate surface area is 134 Å². The predicted octanol–water partition coefficient (Wildman–Crippen LogP) is 0.294. The number of carbonyl (C=O) groups excluding carboxylic acids is 1. The molecule has 1 saturated heterocycles. The highest BCUT2D eigenvalue weighted by Gasteiger charge is 2.20. The smallest absolute Gasteiger partial charge is 0.239 e. The molecule has 7 nitrogen and oxygen atoms in total. The second-order valence-corrected chi connectivity index (χ2v) is 4.81. The molecule has 1 aromatic carbocycles. The van der Waals surface area contributed by atoms with Gasteiger partial charge in [-0.1, -0.05) is 12.1 Å². The lowest BCUT2D eigenvalue weighted by atomic mass is 10.2. The molecule has 22 heavy (non-hydrogen) atoms. The van der Waals surface area contributed by atoms with Gasteiger partial charge in [0, 0.05) is 13.1 Å². The van der Waals surface area contributed by atoms with E-state index in [0.717, 1.165) is 11.3 Å². The third-order valence-electron chi connectivity index (χ3n) is 3.30. The summed E-state index contributed by atoms with van der Waals surface area (Å²) in [6, 6.07) is 7.54. The molecule has 0 bridgehead atoms. The number of ether oxygens (including phenoxy) is 1. The van der Waals surface area contributed by atoms with E-state index in [-0.39, 0.29) is 24.4 Å². The summed E-state index contributed by atoms with van der Waals surface area (Å²) >= 11 is 0. The summed E-state index contributed by atoms with van der Waals surface area (Å²) in [7, 11) is 0. The molecular weight excluding hydrogens is 306 g/mol. The van der Waals surface area contributed by atoms with Crippen molar-refractivity contribution in [1.82, 2.24) is 25.4 Å². The highest BCUT2D eigenvalue weighted by molar-refractivity contribution is 5.85. The topological polar surface area (TPSA) is 81.1 Å². The quantitative estimate of drug-likeness (QED) is 0.845. The van der Waals surface area contributed by atoms with Crippen molar-refractivity contribution < 1.29 is 9.53 Å². The van der Waals surface area contributed by atoms with E-state index < -0.39 is 0 Å². The second kappa shape index (κ2) is 7.88. The van der Waals surface area contributed by atoms with Crippen molar-refractivity contribution in [3.63, 3.8) is 0 Å². The van der Waals surface area contributed by atoms with Crippen LogP contribution in [-0.4, -0.2) is 46.5 Å². The van der Waals surface area contributed by atoms with Crippen LogP contribution in [0.2, 0.25) is 0 Å². The molecule has 1 aliphatic rings. The minimum absolute atomic E-state index is 0. The van der Waals surface area contributed by atoms with Crippen molar-refractivity contribution in [2.24, 2.45) is 0 Å². The third kappa shape index (κ3) is 4.03. The van der Waals surface area contributed by atoms with Crippen molar-refractivity contribution >= 4 is 18.3 Å². The van der Waals surface area contributed by atoms with Gasteiger partial charge >= 0.3 is 0 Å². The van der Waals surface area contributed by atoms with Crippen molar-refractivity contribution in [3.8, 4) is 5.69 Å². The Morgan fingerprint density at radius 2 is 2.41 bits per heavy atom. The van der Waals surface area contributed by atoms with E-state index in [1.165, 1.54) is 6.33 Å². The Hall–Kier alpha value is -1.96. The number of rotatable bonds is 4. The SMILES string of the molecule is Cl.O=C(NCc1cccc(-n2cncn2)c1)C1COCCN1. The fourth-order valence-electron chi connectivity index (χ4n) is 2.20. The summed E-state index contributed by atoms with van der Waals surface area (Å²) < 4.78 is 6.96. The van der Waals surface area contributed by atoms with Gasteiger partial charge in [-0.2, -0.15) is 5.10 Å². The Morgan fingerprint density at radius 3 is 3.14 bits per heavy atom. The lowest BCUT2D eigenvalue weighted by Gasteiger charge is -2.22. The van der Waals surface area contributed by atoms with E-state index in [1.54, 1.807) is 11.0 Å². The van der Waals surface area contributed by atoms with E-state index >= 15 is 0 Å². The number of aromatic nitrogens is 3. The molecule has 118 valence electrons. The molecule has 2 N–H and O–H groups in total. The van der Waals surface area contributed by atoms with Crippen molar-refractivity contribution in [2.75, 3.05) is 19.8 Å². The lowest BCUT2D eigenvalue weighted by molar-refractivity contribution is -0.126. The molecule has 8 heteroatoms. The first-order valence-electron chi connectivity index (χ1n) is 6.86. The maximum atomic E-state index is 12.0. The lowest BCUT2D eigenvalue weighted by Crippen LogP contribution is -2.51. The van der Waals surface area contributed by atoms with Gasteiger partial charge in [0.15, 0.2) is 0 Å². The van der Waals surface area contributed by atoms with E-state index in [0.29, 0.717) is 26.3 Å². The van der Waals surface area contributed by atoms with Crippen LogP contribution in [0.3, 0.4) is 0 Å². The van der Waals surface area contributed by atoms with Crippen LogP contribution >= 0.6 is 12.4 Å². The van der Waals surface area contributed by atoms with Crippen LogP contribution in [0.25, 0.3) is 5.69 Å². The van der Waals surface area contributed by atoms with Crippen LogP contribution in [-0.2, 0) is 16.1 Å². The minimum Gasteiger partial charge on any atom is -0.378 e. The van der Waals surface area contributed by atoms with Crippen LogP contribution < -0.4 is 10.6 Å². The number of morpholine rings is 1. The minimum atomic E-state index is -0.266. The summed E-state index contributed by atoms with van der Waals surface area (Å²) in [4.78, 5) is 15.9. The fourth-order valence-corrected chi connectivity index (χ4v) is 2.20. The van der Waals surface area contributed by atoms with Crippen LogP contribution in [0.5, 0.6) is 0 Å². The summed E-state index contributed by atoms with van der Waals surface area (Å²) in [5.74, 6) is -0.0409. The molecule has 0 radical (unpaired) electrons. The van der Waals surface area contributed by atoms with Crippen molar-refractivity contribution in [3.05, 3.63) is 42.5 Å². The number of nitrogens with zero attached hydrogens (tertiary/aromatic N) is 3. The second-order valence-electron chi connectivity index (χ2n) is 4.81. The van der Waals surface area contributed by atoms with Crippen LogP contribution in [0.15, 0.2) is 36.9 Å². The van der Waals surface area contributed by atoms with Gasteiger partial charge in [-0.3, -0.25) is 4.79 Å². The van der Waals surface area contributed by atoms with E-state index in [2.05, 4.69) is 20.7 Å². The first-order chi connectivity index (χ1) is 10.3. The summed E-state index contributed by atoms with van der Waals surface area (Å²) in [5, 5.41) is 10.1. The first-order valence-corrected chi connectivity index (χ1v) is 6.86. The number of nitrogens with one attached hydrogen (secondary N) is 2. The third-order valence-corrected chi connectivity index (χ3v) is 3.30.